The Labute approximate surface area is 112 Å². The van der Waals surface area contributed by atoms with Crippen molar-refractivity contribution in [3.05, 3.63) is 33.8 Å². The third-order valence-corrected chi connectivity index (χ3v) is 3.00. The molecule has 0 saturated carbocycles. The lowest BCUT2D eigenvalue weighted by molar-refractivity contribution is 0.0696. The quantitative estimate of drug-likeness (QED) is 0.639. The lowest BCUT2D eigenvalue weighted by Gasteiger charge is -2.15. The van der Waals surface area contributed by atoms with Crippen LogP contribution in [-0.4, -0.2) is 23.5 Å². The second-order valence-corrected chi connectivity index (χ2v) is 5.44. The first kappa shape index (κ1) is 14.5. The topological polar surface area (TPSA) is 32.6 Å². The summed E-state index contributed by atoms with van der Waals surface area (Å²) in [6.45, 7) is 4.30. The first-order chi connectivity index (χ1) is 7.88. The first-order valence-electron chi connectivity index (χ1n) is 5.56. The normalized spacial score (nSPS) is 12.3. The minimum absolute atomic E-state index is 0.534. The van der Waals surface area contributed by atoms with Gasteiger partial charge in [-0.05, 0) is 44.4 Å². The number of nitrogens with zero attached hydrogens (tertiary/aromatic N) is 1. The third-order valence-electron chi connectivity index (χ3n) is 2.26. The molecule has 0 saturated heterocycles. The van der Waals surface area contributed by atoms with Gasteiger partial charge < -0.3 is 5.11 Å². The molecule has 1 rings (SSSR count). The lowest BCUT2D eigenvalue weighted by Crippen LogP contribution is -2.18. The van der Waals surface area contributed by atoms with Crippen LogP contribution in [0.2, 0.25) is 10.0 Å². The van der Waals surface area contributed by atoms with Crippen molar-refractivity contribution in [3.63, 3.8) is 0 Å². The third kappa shape index (κ3) is 6.06. The summed E-state index contributed by atoms with van der Waals surface area (Å²) in [4.78, 5) is 4.28. The van der Waals surface area contributed by atoms with Crippen molar-refractivity contribution >= 4 is 29.4 Å². The number of halogens is 2. The van der Waals surface area contributed by atoms with Crippen LogP contribution in [0.5, 0.6) is 0 Å². The number of hydrogen-bond acceptors (Lipinski definition) is 2. The summed E-state index contributed by atoms with van der Waals surface area (Å²) in [6, 6.07) is 5.40. The fraction of sp³-hybridized carbons (Fsp3) is 0.462. The van der Waals surface area contributed by atoms with Gasteiger partial charge in [0.05, 0.1) is 15.6 Å². The molecule has 0 radical (unpaired) electrons. The molecule has 1 aromatic carbocycles. The van der Waals surface area contributed by atoms with Crippen LogP contribution in [-0.2, 0) is 0 Å². The number of aliphatic imine (C=N–C) groups is 1. The molecule has 1 aromatic rings. The van der Waals surface area contributed by atoms with Crippen LogP contribution in [0.15, 0.2) is 23.2 Å². The molecule has 0 amide bonds. The summed E-state index contributed by atoms with van der Waals surface area (Å²) in [5.74, 6) is 0. The van der Waals surface area contributed by atoms with Crippen LogP contribution < -0.4 is 0 Å². The Kier molecular flexibility index (Phi) is 5.44. The molecule has 0 aromatic heterocycles. The highest BCUT2D eigenvalue weighted by atomic mass is 35.5. The Balaban J connectivity index is 2.41. The van der Waals surface area contributed by atoms with Gasteiger partial charge in [-0.2, -0.15) is 0 Å². The smallest absolute Gasteiger partial charge is 0.0598 e. The molecule has 0 aliphatic rings. The maximum atomic E-state index is 9.52. The van der Waals surface area contributed by atoms with Gasteiger partial charge in [-0.1, -0.05) is 29.3 Å². The number of aliphatic hydroxyl groups is 1. The van der Waals surface area contributed by atoms with E-state index < -0.39 is 5.60 Å². The molecule has 2 nitrogen and oxygen atoms in total. The van der Waals surface area contributed by atoms with Gasteiger partial charge in [-0.15, -0.1) is 0 Å². The largest absolute Gasteiger partial charge is 0.390 e. The van der Waals surface area contributed by atoms with Crippen LogP contribution in [0, 0.1) is 0 Å². The Hall–Kier alpha value is -0.570. The van der Waals surface area contributed by atoms with Crippen molar-refractivity contribution in [1.29, 1.82) is 0 Å². The molecular weight excluding hydrogens is 257 g/mol. The second-order valence-electron chi connectivity index (χ2n) is 4.62. The first-order valence-corrected chi connectivity index (χ1v) is 6.31. The van der Waals surface area contributed by atoms with Crippen LogP contribution in [0.1, 0.15) is 32.3 Å². The van der Waals surface area contributed by atoms with E-state index >= 15 is 0 Å². The maximum absolute atomic E-state index is 9.52. The molecule has 0 fully saturated rings. The van der Waals surface area contributed by atoms with Crippen LogP contribution >= 0.6 is 23.2 Å². The molecule has 4 heteroatoms. The molecular formula is C13H17Cl2NO. The molecule has 0 aliphatic heterocycles. The van der Waals surface area contributed by atoms with Gasteiger partial charge in [0.2, 0.25) is 0 Å². The van der Waals surface area contributed by atoms with E-state index in [-0.39, 0.29) is 0 Å². The highest BCUT2D eigenvalue weighted by Gasteiger charge is 2.10. The summed E-state index contributed by atoms with van der Waals surface area (Å²) in [5, 5.41) is 10.6. The van der Waals surface area contributed by atoms with E-state index in [1.165, 1.54) is 0 Å². The monoisotopic (exact) mass is 273 g/mol. The highest BCUT2D eigenvalue weighted by molar-refractivity contribution is 6.42. The zero-order valence-corrected chi connectivity index (χ0v) is 11.6. The van der Waals surface area contributed by atoms with Crippen molar-refractivity contribution in [2.24, 2.45) is 4.99 Å². The molecule has 0 bridgehead atoms. The van der Waals surface area contributed by atoms with Crippen LogP contribution in [0.4, 0.5) is 0 Å². The predicted octanol–water partition coefficient (Wildman–Crippen LogP) is 3.96. The molecule has 0 heterocycles. The summed E-state index contributed by atoms with van der Waals surface area (Å²) in [6.07, 6.45) is 3.37. The maximum Gasteiger partial charge on any atom is 0.0598 e. The van der Waals surface area contributed by atoms with Gasteiger partial charge in [0.25, 0.3) is 0 Å². The molecule has 1 N–H and O–H groups in total. The number of benzene rings is 1. The second kappa shape index (κ2) is 6.39. The fourth-order valence-electron chi connectivity index (χ4n) is 1.37. The van der Waals surface area contributed by atoms with Gasteiger partial charge in [0, 0.05) is 12.8 Å². The minimum atomic E-state index is -0.612. The Bertz CT molecular complexity index is 397. The van der Waals surface area contributed by atoms with E-state index in [2.05, 4.69) is 4.99 Å². The SMILES string of the molecule is CC(C)(O)CCCN=Cc1ccc(Cl)c(Cl)c1. The van der Waals surface area contributed by atoms with Crippen molar-refractivity contribution in [2.45, 2.75) is 32.3 Å². The van der Waals surface area contributed by atoms with Crippen molar-refractivity contribution in [2.75, 3.05) is 6.54 Å². The minimum Gasteiger partial charge on any atom is -0.390 e. The van der Waals surface area contributed by atoms with Gasteiger partial charge in [0.1, 0.15) is 0 Å². The fourth-order valence-corrected chi connectivity index (χ4v) is 1.67. The molecule has 0 aliphatic carbocycles. The average Bonchev–Trinajstić information content (AvgIpc) is 2.21. The Morgan fingerprint density at radius 1 is 1.29 bits per heavy atom. The number of hydrogen-bond donors (Lipinski definition) is 1. The summed E-state index contributed by atoms with van der Waals surface area (Å²) >= 11 is 11.7. The van der Waals surface area contributed by atoms with Gasteiger partial charge in [-0.3, -0.25) is 4.99 Å². The van der Waals surface area contributed by atoms with Crippen LogP contribution in [0.25, 0.3) is 0 Å². The Morgan fingerprint density at radius 2 is 2.00 bits per heavy atom. The van der Waals surface area contributed by atoms with Crippen molar-refractivity contribution < 1.29 is 5.11 Å². The Morgan fingerprint density at radius 3 is 2.59 bits per heavy atom. The zero-order valence-electron chi connectivity index (χ0n) is 10.1. The van der Waals surface area contributed by atoms with Gasteiger partial charge in [-0.25, -0.2) is 0 Å². The van der Waals surface area contributed by atoms with Crippen LogP contribution in [0.3, 0.4) is 0 Å². The molecule has 0 unspecified atom stereocenters. The van der Waals surface area contributed by atoms with E-state index in [0.717, 1.165) is 18.4 Å². The van der Waals surface area contributed by atoms with Crippen molar-refractivity contribution in [1.82, 2.24) is 0 Å². The molecule has 94 valence electrons. The van der Waals surface area contributed by atoms with E-state index in [1.807, 2.05) is 6.07 Å². The standard InChI is InChI=1S/C13H17Cl2NO/c1-13(2,17)6-3-7-16-9-10-4-5-11(14)12(15)8-10/h4-5,8-9,17H,3,6-7H2,1-2H3. The summed E-state index contributed by atoms with van der Waals surface area (Å²) in [7, 11) is 0. The van der Waals surface area contributed by atoms with E-state index in [9.17, 15) is 5.11 Å². The van der Waals surface area contributed by atoms with Crippen molar-refractivity contribution in [3.8, 4) is 0 Å². The average molecular weight is 274 g/mol. The molecule has 17 heavy (non-hydrogen) atoms. The molecule has 0 atom stereocenters. The predicted molar refractivity (Wildman–Crippen MR) is 74.5 cm³/mol. The molecule has 0 spiro atoms. The summed E-state index contributed by atoms with van der Waals surface area (Å²) in [5.41, 5.74) is 0.321. The van der Waals surface area contributed by atoms with E-state index in [4.69, 9.17) is 23.2 Å². The van der Waals surface area contributed by atoms with Gasteiger partial charge in [0.15, 0.2) is 0 Å². The lowest BCUT2D eigenvalue weighted by atomic mass is 10.0. The zero-order chi connectivity index (χ0) is 12.9. The van der Waals surface area contributed by atoms with E-state index in [0.29, 0.717) is 16.6 Å². The summed E-state index contributed by atoms with van der Waals surface area (Å²) < 4.78 is 0. The van der Waals surface area contributed by atoms with E-state index in [1.54, 1.807) is 32.2 Å². The highest BCUT2D eigenvalue weighted by Crippen LogP contribution is 2.21. The van der Waals surface area contributed by atoms with Gasteiger partial charge >= 0.3 is 0 Å². The number of rotatable bonds is 5.